The van der Waals surface area contributed by atoms with Crippen LogP contribution in [0.1, 0.15) is 22.7 Å². The maximum atomic E-state index is 13.2. The Morgan fingerprint density at radius 3 is 2.44 bits per heavy atom. The van der Waals surface area contributed by atoms with Crippen LogP contribution < -0.4 is 9.64 Å². The third kappa shape index (κ3) is 3.76. The normalized spacial score (nSPS) is 17.6. The van der Waals surface area contributed by atoms with Crippen LogP contribution in [0.25, 0.3) is 5.76 Å². The first kappa shape index (κ1) is 21.6. The Bertz CT molecular complexity index is 1270. The minimum atomic E-state index is -0.912. The first-order valence-electron chi connectivity index (χ1n) is 9.82. The number of aliphatic hydroxyl groups excluding tert-OH is 1. The van der Waals surface area contributed by atoms with Crippen LogP contribution in [-0.4, -0.2) is 29.0 Å². The molecule has 1 aliphatic heterocycles. The Hall–Kier alpha value is -3.58. The number of anilines is 1. The smallest absolute Gasteiger partial charge is 0.300 e. The topological polar surface area (TPSA) is 87.1 Å². The number of ketones is 1. The van der Waals surface area contributed by atoms with Crippen LogP contribution in [0.3, 0.4) is 0 Å². The number of aliphatic hydroxyl groups is 1. The minimum absolute atomic E-state index is 0.00970. The summed E-state index contributed by atoms with van der Waals surface area (Å²) in [7, 11) is 1.52. The summed E-state index contributed by atoms with van der Waals surface area (Å²) in [6, 6.07) is 17.5. The number of benzene rings is 3. The number of phenols is 1. The van der Waals surface area contributed by atoms with Crippen LogP contribution in [0.4, 0.5) is 5.69 Å². The molecule has 2 N–H and O–H groups in total. The fourth-order valence-electron chi connectivity index (χ4n) is 3.86. The molecular formula is C25H20BrNO5. The van der Waals surface area contributed by atoms with E-state index in [1.165, 1.54) is 24.1 Å². The Kier molecular flexibility index (Phi) is 5.76. The number of hydrogen-bond donors (Lipinski definition) is 2. The van der Waals surface area contributed by atoms with Gasteiger partial charge >= 0.3 is 0 Å². The van der Waals surface area contributed by atoms with Crippen molar-refractivity contribution in [3.63, 3.8) is 0 Å². The molecule has 7 heteroatoms. The van der Waals surface area contributed by atoms with Gasteiger partial charge in [0.1, 0.15) is 17.3 Å². The molecule has 1 unspecified atom stereocenters. The van der Waals surface area contributed by atoms with E-state index in [-0.39, 0.29) is 17.1 Å². The number of methoxy groups -OCH3 is 1. The summed E-state index contributed by atoms with van der Waals surface area (Å²) >= 11 is 3.38. The van der Waals surface area contributed by atoms with E-state index in [9.17, 15) is 19.8 Å². The van der Waals surface area contributed by atoms with Crippen molar-refractivity contribution in [3.8, 4) is 11.5 Å². The molecule has 1 saturated heterocycles. The first-order chi connectivity index (χ1) is 15.3. The van der Waals surface area contributed by atoms with Crippen LogP contribution >= 0.6 is 15.9 Å². The number of aromatic hydroxyl groups is 1. The maximum absolute atomic E-state index is 13.2. The lowest BCUT2D eigenvalue weighted by molar-refractivity contribution is -0.132. The van der Waals surface area contributed by atoms with Crippen molar-refractivity contribution in [1.29, 1.82) is 0 Å². The maximum Gasteiger partial charge on any atom is 0.300 e. The number of amides is 1. The molecule has 1 heterocycles. The predicted molar refractivity (Wildman–Crippen MR) is 125 cm³/mol. The second kappa shape index (κ2) is 8.51. The highest BCUT2D eigenvalue weighted by molar-refractivity contribution is 9.10. The third-order valence-corrected chi connectivity index (χ3v) is 5.96. The van der Waals surface area contributed by atoms with Crippen molar-refractivity contribution in [2.75, 3.05) is 12.0 Å². The van der Waals surface area contributed by atoms with Gasteiger partial charge in [-0.3, -0.25) is 14.5 Å². The van der Waals surface area contributed by atoms with Gasteiger partial charge in [-0.1, -0.05) is 24.3 Å². The monoisotopic (exact) mass is 493 g/mol. The molecule has 0 radical (unpaired) electrons. The van der Waals surface area contributed by atoms with Gasteiger partial charge in [0.25, 0.3) is 11.7 Å². The average Bonchev–Trinajstić information content (AvgIpc) is 3.04. The summed E-state index contributed by atoms with van der Waals surface area (Å²) < 4.78 is 5.82. The van der Waals surface area contributed by atoms with E-state index < -0.39 is 17.7 Å². The Morgan fingerprint density at radius 1 is 1.03 bits per heavy atom. The molecule has 4 rings (SSSR count). The molecule has 0 bridgehead atoms. The molecule has 32 heavy (non-hydrogen) atoms. The van der Waals surface area contributed by atoms with Gasteiger partial charge in [-0.05, 0) is 76.4 Å². The number of hydrogen-bond acceptors (Lipinski definition) is 5. The highest BCUT2D eigenvalue weighted by Crippen LogP contribution is 2.43. The number of halogens is 1. The van der Waals surface area contributed by atoms with Gasteiger partial charge in [-0.2, -0.15) is 0 Å². The van der Waals surface area contributed by atoms with Crippen molar-refractivity contribution in [2.45, 2.75) is 13.0 Å². The highest BCUT2D eigenvalue weighted by atomic mass is 79.9. The molecule has 1 atom stereocenters. The predicted octanol–water partition coefficient (Wildman–Crippen LogP) is 5.10. The molecule has 0 aromatic heterocycles. The number of rotatable bonds is 4. The second-order valence-electron chi connectivity index (χ2n) is 7.45. The fourth-order valence-corrected chi connectivity index (χ4v) is 4.40. The van der Waals surface area contributed by atoms with Gasteiger partial charge in [0, 0.05) is 11.3 Å². The van der Waals surface area contributed by atoms with E-state index in [1.54, 1.807) is 48.5 Å². The molecular weight excluding hydrogens is 474 g/mol. The average molecular weight is 494 g/mol. The number of phenolic OH excluding ortho intramolecular Hbond substituents is 1. The lowest BCUT2D eigenvalue weighted by Crippen LogP contribution is -2.29. The van der Waals surface area contributed by atoms with Gasteiger partial charge in [-0.25, -0.2) is 0 Å². The number of carbonyl (C=O) groups excluding carboxylic acids is 2. The van der Waals surface area contributed by atoms with Crippen molar-refractivity contribution in [3.05, 3.63) is 93.5 Å². The van der Waals surface area contributed by atoms with Crippen molar-refractivity contribution in [1.82, 2.24) is 0 Å². The molecule has 1 aliphatic rings. The minimum Gasteiger partial charge on any atom is -0.508 e. The standard InChI is InChI=1S/C25H20BrNO5/c1-14-5-3-7-17(11-14)27-22(15-6-4-8-18(28)12-15)21(24(30)25(27)31)23(29)16-9-10-20(32-2)19(26)13-16/h3-13,22,28-29H,1-2H3/b23-21-. The number of ether oxygens (including phenoxy) is 1. The Morgan fingerprint density at radius 2 is 1.78 bits per heavy atom. The summed E-state index contributed by atoms with van der Waals surface area (Å²) in [4.78, 5) is 27.7. The quantitative estimate of drug-likeness (QED) is 0.300. The van der Waals surface area contributed by atoms with Gasteiger partial charge < -0.3 is 14.9 Å². The van der Waals surface area contributed by atoms with E-state index in [0.29, 0.717) is 27.0 Å². The molecule has 3 aromatic carbocycles. The van der Waals surface area contributed by atoms with Gasteiger partial charge in [0.05, 0.1) is 23.2 Å². The Labute approximate surface area is 193 Å². The van der Waals surface area contributed by atoms with E-state index in [0.717, 1.165) is 5.56 Å². The van der Waals surface area contributed by atoms with Crippen LogP contribution in [0.2, 0.25) is 0 Å². The van der Waals surface area contributed by atoms with Crippen molar-refractivity contribution >= 4 is 39.1 Å². The molecule has 1 amide bonds. The van der Waals surface area contributed by atoms with E-state index in [4.69, 9.17) is 4.74 Å². The lowest BCUT2D eigenvalue weighted by atomic mass is 9.95. The first-order valence-corrected chi connectivity index (χ1v) is 10.6. The number of aryl methyl sites for hydroxylation is 1. The molecule has 0 saturated carbocycles. The molecule has 0 aliphatic carbocycles. The van der Waals surface area contributed by atoms with Gasteiger partial charge in [-0.15, -0.1) is 0 Å². The summed E-state index contributed by atoms with van der Waals surface area (Å²) in [5.74, 6) is -1.31. The van der Waals surface area contributed by atoms with Crippen LogP contribution in [0, 0.1) is 6.92 Å². The summed E-state index contributed by atoms with van der Waals surface area (Å²) in [6.07, 6.45) is 0. The zero-order valence-corrected chi connectivity index (χ0v) is 19.0. The summed E-state index contributed by atoms with van der Waals surface area (Å²) in [5, 5.41) is 21.2. The summed E-state index contributed by atoms with van der Waals surface area (Å²) in [5.41, 5.74) is 2.23. The zero-order chi connectivity index (χ0) is 23.0. The molecule has 162 valence electrons. The molecule has 0 spiro atoms. The van der Waals surface area contributed by atoms with Crippen molar-refractivity contribution < 1.29 is 24.5 Å². The Balaban J connectivity index is 1.95. The van der Waals surface area contributed by atoms with Crippen LogP contribution in [0.5, 0.6) is 11.5 Å². The zero-order valence-electron chi connectivity index (χ0n) is 17.4. The third-order valence-electron chi connectivity index (χ3n) is 5.34. The number of carbonyl (C=O) groups is 2. The van der Waals surface area contributed by atoms with E-state index in [1.807, 2.05) is 13.0 Å². The van der Waals surface area contributed by atoms with Gasteiger partial charge in [0.15, 0.2) is 0 Å². The molecule has 1 fully saturated rings. The lowest BCUT2D eigenvalue weighted by Gasteiger charge is -2.26. The highest BCUT2D eigenvalue weighted by Gasteiger charge is 2.47. The summed E-state index contributed by atoms with van der Waals surface area (Å²) in [6.45, 7) is 1.89. The number of Topliss-reactive ketones (excluding diaryl/α,β-unsaturated/α-hetero) is 1. The van der Waals surface area contributed by atoms with Crippen molar-refractivity contribution in [2.24, 2.45) is 0 Å². The van der Waals surface area contributed by atoms with Gasteiger partial charge in [0.2, 0.25) is 0 Å². The van der Waals surface area contributed by atoms with Crippen LogP contribution in [0.15, 0.2) is 76.8 Å². The second-order valence-corrected chi connectivity index (χ2v) is 8.31. The largest absolute Gasteiger partial charge is 0.508 e. The van der Waals surface area contributed by atoms with E-state index in [2.05, 4.69) is 15.9 Å². The molecule has 3 aromatic rings. The van der Waals surface area contributed by atoms with Crippen LogP contribution in [-0.2, 0) is 9.59 Å². The molecule has 6 nitrogen and oxygen atoms in total. The fraction of sp³-hybridized carbons (Fsp3) is 0.120. The SMILES string of the molecule is COc1ccc(/C(O)=C2/C(=O)C(=O)N(c3cccc(C)c3)C2c2cccc(O)c2)cc1Br. The number of nitrogens with zero attached hydrogens (tertiary/aromatic N) is 1. The van der Waals surface area contributed by atoms with E-state index >= 15 is 0 Å².